The van der Waals surface area contributed by atoms with Crippen LogP contribution in [0.5, 0.6) is 11.5 Å². The van der Waals surface area contributed by atoms with Gasteiger partial charge in [0.1, 0.15) is 11.5 Å². The molecular weight excluding hydrogens is 266 g/mol. The maximum Gasteiger partial charge on any atom is 0.124 e. The minimum Gasteiger partial charge on any atom is -0.497 e. The Balaban J connectivity index is 3.32. The molecule has 1 aromatic carbocycles. The van der Waals surface area contributed by atoms with E-state index in [1.54, 1.807) is 14.2 Å². The highest BCUT2D eigenvalue weighted by atomic mass is 16.5. The molecule has 0 aliphatic carbocycles. The van der Waals surface area contributed by atoms with Crippen LogP contribution in [0.15, 0.2) is 18.2 Å². The average molecular weight is 295 g/mol. The fraction of sp³-hybridized carbons (Fsp3) is 0.647. The summed E-state index contributed by atoms with van der Waals surface area (Å²) in [7, 11) is 3.37. The summed E-state index contributed by atoms with van der Waals surface area (Å²) in [6.07, 6.45) is 0.902. The predicted molar refractivity (Wildman–Crippen MR) is 86.3 cm³/mol. The van der Waals surface area contributed by atoms with Gasteiger partial charge in [0.25, 0.3) is 0 Å². The summed E-state index contributed by atoms with van der Waals surface area (Å²) in [5, 5.41) is 3.54. The molecule has 1 N–H and O–H groups in total. The minimum absolute atomic E-state index is 0.0394. The van der Waals surface area contributed by atoms with Crippen molar-refractivity contribution in [3.05, 3.63) is 23.8 Å². The van der Waals surface area contributed by atoms with Crippen molar-refractivity contribution in [2.45, 2.75) is 45.8 Å². The molecule has 4 nitrogen and oxygen atoms in total. The van der Waals surface area contributed by atoms with Crippen LogP contribution in [-0.2, 0) is 4.74 Å². The van der Waals surface area contributed by atoms with E-state index in [-0.39, 0.29) is 11.6 Å². The first-order valence-electron chi connectivity index (χ1n) is 7.65. The van der Waals surface area contributed by atoms with E-state index in [1.807, 2.05) is 25.1 Å². The largest absolute Gasteiger partial charge is 0.497 e. The summed E-state index contributed by atoms with van der Waals surface area (Å²) in [5.41, 5.74) is 0.765. The Labute approximate surface area is 128 Å². The minimum atomic E-state index is -0.301. The van der Waals surface area contributed by atoms with Crippen LogP contribution in [0.2, 0.25) is 0 Å². The zero-order valence-electron chi connectivity index (χ0n) is 14.2. The maximum atomic E-state index is 6.06. The van der Waals surface area contributed by atoms with Crippen molar-refractivity contribution in [3.63, 3.8) is 0 Å². The van der Waals surface area contributed by atoms with Gasteiger partial charge in [0.15, 0.2) is 0 Å². The third-order valence-electron chi connectivity index (χ3n) is 3.94. The molecule has 0 aliphatic rings. The smallest absolute Gasteiger partial charge is 0.124 e. The molecular formula is C17H29NO3. The van der Waals surface area contributed by atoms with E-state index in [2.05, 4.69) is 26.1 Å². The Morgan fingerprint density at radius 3 is 2.33 bits per heavy atom. The molecule has 21 heavy (non-hydrogen) atoms. The molecule has 4 heteroatoms. The molecule has 0 aliphatic heterocycles. The van der Waals surface area contributed by atoms with E-state index in [9.17, 15) is 0 Å². The molecule has 2 atom stereocenters. The van der Waals surface area contributed by atoms with E-state index < -0.39 is 0 Å². The van der Waals surface area contributed by atoms with Gasteiger partial charge >= 0.3 is 0 Å². The van der Waals surface area contributed by atoms with Crippen molar-refractivity contribution in [2.24, 2.45) is 0 Å². The van der Waals surface area contributed by atoms with Gasteiger partial charge in [-0.25, -0.2) is 0 Å². The second kappa shape index (κ2) is 8.25. The van der Waals surface area contributed by atoms with Crippen molar-refractivity contribution in [2.75, 3.05) is 27.4 Å². The molecule has 0 fully saturated rings. The van der Waals surface area contributed by atoms with Crippen molar-refractivity contribution < 1.29 is 14.2 Å². The van der Waals surface area contributed by atoms with Crippen molar-refractivity contribution in [1.82, 2.24) is 5.32 Å². The number of likely N-dealkylation sites (N-methyl/N-ethyl adjacent to an activating group) is 1. The molecule has 0 heterocycles. The second-order valence-corrected chi connectivity index (χ2v) is 5.20. The maximum absolute atomic E-state index is 6.06. The molecule has 1 rings (SSSR count). The Kier molecular flexibility index (Phi) is 6.99. The molecule has 0 saturated carbocycles. The van der Waals surface area contributed by atoms with E-state index in [4.69, 9.17) is 14.2 Å². The molecule has 0 spiro atoms. The highest BCUT2D eigenvalue weighted by molar-refractivity contribution is 5.43. The van der Waals surface area contributed by atoms with Gasteiger partial charge in [0.2, 0.25) is 0 Å². The molecule has 0 bridgehead atoms. The first-order chi connectivity index (χ1) is 10.1. The van der Waals surface area contributed by atoms with Gasteiger partial charge < -0.3 is 19.5 Å². The molecule has 120 valence electrons. The number of benzene rings is 1. The zero-order valence-corrected chi connectivity index (χ0v) is 14.2. The molecule has 0 amide bonds. The summed E-state index contributed by atoms with van der Waals surface area (Å²) in [4.78, 5) is 0. The standard InChI is InChI=1S/C17H29NO3/c1-7-17(4,21-9-3)16(18-8-2)14-12-13(19-5)10-11-15(14)20-6/h10-12,16,18H,7-9H2,1-6H3. The molecule has 0 aromatic heterocycles. The summed E-state index contributed by atoms with van der Waals surface area (Å²) in [6.45, 7) is 9.95. The Hall–Kier alpha value is -1.26. The van der Waals surface area contributed by atoms with Crippen LogP contribution < -0.4 is 14.8 Å². The van der Waals surface area contributed by atoms with Gasteiger partial charge in [-0.2, -0.15) is 0 Å². The number of hydrogen-bond acceptors (Lipinski definition) is 4. The summed E-state index contributed by atoms with van der Waals surface area (Å²) in [5.74, 6) is 1.67. The summed E-state index contributed by atoms with van der Waals surface area (Å²) >= 11 is 0. The Bertz CT molecular complexity index is 436. The fourth-order valence-corrected chi connectivity index (χ4v) is 2.64. The lowest BCUT2D eigenvalue weighted by molar-refractivity contribution is -0.0564. The van der Waals surface area contributed by atoms with Gasteiger partial charge in [0, 0.05) is 12.2 Å². The van der Waals surface area contributed by atoms with Crippen molar-refractivity contribution >= 4 is 0 Å². The Morgan fingerprint density at radius 1 is 1.14 bits per heavy atom. The van der Waals surface area contributed by atoms with E-state index in [0.29, 0.717) is 6.61 Å². The number of rotatable bonds is 9. The van der Waals surface area contributed by atoms with Crippen LogP contribution in [0, 0.1) is 0 Å². The first-order valence-corrected chi connectivity index (χ1v) is 7.65. The summed E-state index contributed by atoms with van der Waals surface area (Å²) in [6, 6.07) is 5.92. The lowest BCUT2D eigenvalue weighted by Crippen LogP contribution is -2.43. The van der Waals surface area contributed by atoms with Crippen LogP contribution in [0.3, 0.4) is 0 Å². The Morgan fingerprint density at radius 2 is 1.86 bits per heavy atom. The third-order valence-corrected chi connectivity index (χ3v) is 3.94. The predicted octanol–water partition coefficient (Wildman–Crippen LogP) is 3.56. The molecule has 1 aromatic rings. The highest BCUT2D eigenvalue weighted by Gasteiger charge is 2.36. The van der Waals surface area contributed by atoms with Crippen LogP contribution in [0.25, 0.3) is 0 Å². The van der Waals surface area contributed by atoms with Crippen LogP contribution in [-0.4, -0.2) is 33.0 Å². The highest BCUT2D eigenvalue weighted by Crippen LogP contribution is 2.38. The number of methoxy groups -OCH3 is 2. The monoisotopic (exact) mass is 295 g/mol. The lowest BCUT2D eigenvalue weighted by Gasteiger charge is -2.38. The zero-order chi connectivity index (χ0) is 15.9. The van der Waals surface area contributed by atoms with Crippen LogP contribution >= 0.6 is 0 Å². The average Bonchev–Trinajstić information content (AvgIpc) is 2.52. The van der Waals surface area contributed by atoms with Crippen LogP contribution in [0.1, 0.15) is 45.7 Å². The quantitative estimate of drug-likeness (QED) is 0.756. The number of nitrogens with one attached hydrogen (secondary N) is 1. The van der Waals surface area contributed by atoms with Crippen molar-refractivity contribution in [3.8, 4) is 11.5 Å². The molecule has 0 saturated heterocycles. The SMILES string of the molecule is CCNC(c1cc(OC)ccc1OC)C(C)(CC)OCC. The first kappa shape index (κ1) is 17.8. The van der Waals surface area contributed by atoms with Gasteiger partial charge in [-0.1, -0.05) is 13.8 Å². The summed E-state index contributed by atoms with van der Waals surface area (Å²) < 4.78 is 17.0. The third kappa shape index (κ3) is 4.11. The van der Waals surface area contributed by atoms with Gasteiger partial charge in [-0.15, -0.1) is 0 Å². The van der Waals surface area contributed by atoms with E-state index in [0.717, 1.165) is 30.0 Å². The second-order valence-electron chi connectivity index (χ2n) is 5.20. The topological polar surface area (TPSA) is 39.7 Å². The van der Waals surface area contributed by atoms with Gasteiger partial charge in [-0.05, 0) is 45.0 Å². The molecule has 2 unspecified atom stereocenters. The number of ether oxygens (including phenoxy) is 3. The van der Waals surface area contributed by atoms with Gasteiger partial charge in [0.05, 0.1) is 25.9 Å². The van der Waals surface area contributed by atoms with Gasteiger partial charge in [-0.3, -0.25) is 0 Å². The fourth-order valence-electron chi connectivity index (χ4n) is 2.64. The lowest BCUT2D eigenvalue weighted by atomic mass is 9.86. The van der Waals surface area contributed by atoms with Crippen LogP contribution in [0.4, 0.5) is 0 Å². The molecule has 0 radical (unpaired) electrons. The normalized spacial score (nSPS) is 15.3. The van der Waals surface area contributed by atoms with Crippen molar-refractivity contribution in [1.29, 1.82) is 0 Å². The van der Waals surface area contributed by atoms with E-state index >= 15 is 0 Å². The number of hydrogen-bond donors (Lipinski definition) is 1. The van der Waals surface area contributed by atoms with E-state index in [1.165, 1.54) is 0 Å².